The molecule has 1 rings (SSSR count). The van der Waals surface area contributed by atoms with E-state index in [0.29, 0.717) is 12.4 Å². The van der Waals surface area contributed by atoms with Crippen molar-refractivity contribution in [3.05, 3.63) is 24.3 Å². The first-order valence-electron chi connectivity index (χ1n) is 7.40. The van der Waals surface area contributed by atoms with Crippen LogP contribution in [-0.4, -0.2) is 46.7 Å². The van der Waals surface area contributed by atoms with Crippen molar-refractivity contribution in [2.45, 2.75) is 38.9 Å². The van der Waals surface area contributed by atoms with Gasteiger partial charge < -0.3 is 14.2 Å². The van der Waals surface area contributed by atoms with Crippen molar-refractivity contribution < 1.29 is 26.8 Å². The number of ether oxygens (including phenoxy) is 3. The Balaban J connectivity index is 2.39. The summed E-state index contributed by atoms with van der Waals surface area (Å²) in [5.41, 5.74) is -0.210. The molecule has 0 N–H and O–H groups in total. The molecule has 1 unspecified atom stereocenters. The molecule has 0 heterocycles. The second-order valence-corrected chi connectivity index (χ2v) is 7.56. The molecule has 0 radical (unpaired) electrons. The fourth-order valence-corrected chi connectivity index (χ4v) is 2.34. The van der Waals surface area contributed by atoms with Crippen molar-refractivity contribution in [2.24, 2.45) is 0 Å². The van der Waals surface area contributed by atoms with E-state index >= 15 is 0 Å². The van der Waals surface area contributed by atoms with Crippen LogP contribution >= 0.6 is 0 Å². The third-order valence-corrected chi connectivity index (χ3v) is 3.85. The Morgan fingerprint density at radius 1 is 1.09 bits per heavy atom. The molecule has 7 heteroatoms. The molecule has 6 nitrogen and oxygen atoms in total. The van der Waals surface area contributed by atoms with Crippen molar-refractivity contribution in [1.29, 1.82) is 0 Å². The van der Waals surface area contributed by atoms with E-state index in [4.69, 9.17) is 18.4 Å². The monoisotopic (exact) mass is 346 g/mol. The van der Waals surface area contributed by atoms with Crippen molar-refractivity contribution in [3.63, 3.8) is 0 Å². The summed E-state index contributed by atoms with van der Waals surface area (Å²) in [6.07, 6.45) is 1.25. The number of benzene rings is 1. The average Bonchev–Trinajstić information content (AvgIpc) is 2.44. The Morgan fingerprint density at radius 3 is 2.09 bits per heavy atom. The lowest BCUT2D eigenvalue weighted by Gasteiger charge is -2.22. The van der Waals surface area contributed by atoms with E-state index in [-0.39, 0.29) is 12.2 Å². The van der Waals surface area contributed by atoms with Crippen LogP contribution in [0.25, 0.3) is 0 Å². The van der Waals surface area contributed by atoms with Crippen LogP contribution in [0.3, 0.4) is 0 Å². The van der Waals surface area contributed by atoms with E-state index in [2.05, 4.69) is 0 Å². The van der Waals surface area contributed by atoms with Gasteiger partial charge >= 0.3 is 0 Å². The highest BCUT2D eigenvalue weighted by Gasteiger charge is 2.16. The zero-order valence-electron chi connectivity index (χ0n) is 14.4. The molecule has 0 aromatic heterocycles. The molecular formula is C16H26O6S. The predicted molar refractivity (Wildman–Crippen MR) is 88.5 cm³/mol. The van der Waals surface area contributed by atoms with Crippen LogP contribution in [0.4, 0.5) is 0 Å². The van der Waals surface area contributed by atoms with Crippen molar-refractivity contribution >= 4 is 10.1 Å². The fraction of sp³-hybridized carbons (Fsp3) is 0.625. The molecule has 0 amide bonds. The Kier molecular flexibility index (Phi) is 7.31. The lowest BCUT2D eigenvalue weighted by molar-refractivity contribution is 0.00545. The van der Waals surface area contributed by atoms with Gasteiger partial charge in [0.25, 0.3) is 10.1 Å². The molecule has 1 aromatic rings. The molecule has 0 aliphatic rings. The highest BCUT2D eigenvalue weighted by molar-refractivity contribution is 7.86. The van der Waals surface area contributed by atoms with E-state index in [0.717, 1.165) is 18.4 Å². The van der Waals surface area contributed by atoms with Gasteiger partial charge in [0, 0.05) is 13.5 Å². The van der Waals surface area contributed by atoms with Crippen LogP contribution in [0.5, 0.6) is 11.5 Å². The van der Waals surface area contributed by atoms with Gasteiger partial charge in [-0.15, -0.1) is 0 Å². The maximum atomic E-state index is 11.0. The summed E-state index contributed by atoms with van der Waals surface area (Å²) in [5.74, 6) is 1.36. The number of rotatable bonds is 10. The normalized spacial score (nSPS) is 13.6. The lowest BCUT2D eigenvalue weighted by Crippen LogP contribution is -2.25. The van der Waals surface area contributed by atoms with Crippen molar-refractivity contribution in [1.82, 2.24) is 0 Å². The summed E-state index contributed by atoms with van der Waals surface area (Å²) in [4.78, 5) is 0. The summed E-state index contributed by atoms with van der Waals surface area (Å²) < 4.78 is 43.2. The first-order chi connectivity index (χ1) is 10.6. The summed E-state index contributed by atoms with van der Waals surface area (Å²) in [5, 5.41) is 0. The van der Waals surface area contributed by atoms with Crippen LogP contribution < -0.4 is 9.47 Å². The molecule has 0 aliphatic heterocycles. The molecule has 0 spiro atoms. The van der Waals surface area contributed by atoms with Crippen LogP contribution in [0.15, 0.2) is 24.3 Å². The molecule has 1 aromatic carbocycles. The van der Waals surface area contributed by atoms with E-state index in [1.165, 1.54) is 0 Å². The van der Waals surface area contributed by atoms with Gasteiger partial charge in [-0.05, 0) is 45.0 Å². The molecule has 0 aliphatic carbocycles. The average molecular weight is 346 g/mol. The van der Waals surface area contributed by atoms with Gasteiger partial charge in [0.2, 0.25) is 0 Å². The van der Waals surface area contributed by atoms with Gasteiger partial charge in [0.15, 0.2) is 0 Å². The molecule has 0 saturated heterocycles. The number of methoxy groups -OCH3 is 1. The highest BCUT2D eigenvalue weighted by atomic mass is 32.2. The smallest absolute Gasteiger partial charge is 0.264 e. The molecule has 132 valence electrons. The van der Waals surface area contributed by atoms with Crippen LogP contribution in [0, 0.1) is 0 Å². The standard InChI is InChI=1S/C16H26O6S/c1-13(22-23(5,17)18)12-21-15-8-6-14(7-9-15)20-11-10-16(2,3)19-4/h6-9,13H,10-12H2,1-5H3. The summed E-state index contributed by atoms with van der Waals surface area (Å²) in [7, 11) is -1.79. The second kappa shape index (κ2) is 8.52. The maximum Gasteiger partial charge on any atom is 0.264 e. The third-order valence-electron chi connectivity index (χ3n) is 3.17. The van der Waals surface area contributed by atoms with Gasteiger partial charge in [-0.25, -0.2) is 0 Å². The summed E-state index contributed by atoms with van der Waals surface area (Å²) >= 11 is 0. The first-order valence-corrected chi connectivity index (χ1v) is 9.22. The summed E-state index contributed by atoms with van der Waals surface area (Å²) in [6.45, 7) is 6.35. The van der Waals surface area contributed by atoms with Crippen LogP contribution in [0.2, 0.25) is 0 Å². The lowest BCUT2D eigenvalue weighted by atomic mass is 10.1. The summed E-state index contributed by atoms with van der Waals surface area (Å²) in [6, 6.07) is 7.14. The van der Waals surface area contributed by atoms with Gasteiger partial charge in [-0.3, -0.25) is 4.18 Å². The van der Waals surface area contributed by atoms with Gasteiger partial charge in [0.05, 0.1) is 18.5 Å². The van der Waals surface area contributed by atoms with Gasteiger partial charge in [-0.2, -0.15) is 8.42 Å². The number of hydrogen-bond donors (Lipinski definition) is 0. The quantitative estimate of drug-likeness (QED) is 0.607. The Labute approximate surface area is 138 Å². The Morgan fingerprint density at radius 2 is 1.61 bits per heavy atom. The Hall–Kier alpha value is -1.31. The highest BCUT2D eigenvalue weighted by Crippen LogP contribution is 2.19. The maximum absolute atomic E-state index is 11.0. The zero-order chi connectivity index (χ0) is 17.5. The molecule has 23 heavy (non-hydrogen) atoms. The molecule has 0 fully saturated rings. The van der Waals surface area contributed by atoms with Crippen LogP contribution in [-0.2, 0) is 19.0 Å². The fourth-order valence-electron chi connectivity index (χ4n) is 1.69. The van der Waals surface area contributed by atoms with E-state index < -0.39 is 16.2 Å². The van der Waals surface area contributed by atoms with Crippen molar-refractivity contribution in [2.75, 3.05) is 26.6 Å². The Bertz CT molecular complexity index is 565. The van der Waals surface area contributed by atoms with Gasteiger partial charge in [0.1, 0.15) is 24.2 Å². The van der Waals surface area contributed by atoms with Crippen molar-refractivity contribution in [3.8, 4) is 11.5 Å². The minimum absolute atomic E-state index is 0.148. The first kappa shape index (κ1) is 19.7. The van der Waals surface area contributed by atoms with Gasteiger partial charge in [-0.1, -0.05) is 0 Å². The predicted octanol–water partition coefficient (Wildman–Crippen LogP) is 2.62. The SMILES string of the molecule is COC(C)(C)CCOc1ccc(OCC(C)OS(C)(=O)=O)cc1. The molecular weight excluding hydrogens is 320 g/mol. The van der Waals surface area contributed by atoms with E-state index in [1.807, 2.05) is 13.8 Å². The van der Waals surface area contributed by atoms with Crippen LogP contribution in [0.1, 0.15) is 27.2 Å². The molecule has 0 saturated carbocycles. The largest absolute Gasteiger partial charge is 0.493 e. The zero-order valence-corrected chi connectivity index (χ0v) is 15.2. The van der Waals surface area contributed by atoms with E-state index in [1.54, 1.807) is 38.3 Å². The third kappa shape index (κ3) is 8.78. The minimum atomic E-state index is -3.47. The topological polar surface area (TPSA) is 71.1 Å². The van der Waals surface area contributed by atoms with E-state index in [9.17, 15) is 8.42 Å². The molecule has 0 bridgehead atoms. The second-order valence-electron chi connectivity index (χ2n) is 5.96. The molecule has 1 atom stereocenters. The minimum Gasteiger partial charge on any atom is -0.493 e. The number of hydrogen-bond acceptors (Lipinski definition) is 6.